The van der Waals surface area contributed by atoms with Crippen LogP contribution in [0.5, 0.6) is 0 Å². The number of anilines is 2. The summed E-state index contributed by atoms with van der Waals surface area (Å²) in [6.07, 6.45) is 3.08. The van der Waals surface area contributed by atoms with Crippen LogP contribution in [0.3, 0.4) is 0 Å². The molecule has 0 saturated heterocycles. The number of pyridine rings is 1. The minimum Gasteiger partial charge on any atom is -0.372 e. The molecule has 9 heteroatoms. The van der Waals surface area contributed by atoms with Gasteiger partial charge in [-0.3, -0.25) is 4.72 Å². The Morgan fingerprint density at radius 2 is 2.10 bits per heavy atom. The van der Waals surface area contributed by atoms with Crippen LogP contribution in [0.25, 0.3) is 0 Å². The lowest BCUT2D eigenvalue weighted by atomic mass is 10.4. The molecule has 2 aromatic heterocycles. The maximum Gasteiger partial charge on any atom is 0.266 e. The van der Waals surface area contributed by atoms with Gasteiger partial charge in [0.05, 0.1) is 6.20 Å². The van der Waals surface area contributed by atoms with Gasteiger partial charge in [-0.1, -0.05) is 0 Å². The van der Waals surface area contributed by atoms with Crippen molar-refractivity contribution in [3.63, 3.8) is 0 Å². The third kappa shape index (κ3) is 3.35. The van der Waals surface area contributed by atoms with Gasteiger partial charge in [0.2, 0.25) is 0 Å². The molecule has 0 atom stereocenters. The second-order valence-electron chi connectivity index (χ2n) is 4.61. The molecule has 0 aliphatic carbocycles. The summed E-state index contributed by atoms with van der Waals surface area (Å²) >= 11 is 3.23. The Labute approximate surface area is 132 Å². The van der Waals surface area contributed by atoms with Crippen LogP contribution in [0.4, 0.5) is 11.6 Å². The van der Waals surface area contributed by atoms with E-state index in [0.29, 0.717) is 10.3 Å². The van der Waals surface area contributed by atoms with Crippen molar-refractivity contribution < 1.29 is 8.42 Å². The summed E-state index contributed by atoms with van der Waals surface area (Å²) in [7, 11) is -2.15. The highest BCUT2D eigenvalue weighted by Gasteiger charge is 2.22. The Morgan fingerprint density at radius 1 is 1.38 bits per heavy atom. The number of rotatable bonds is 5. The fourth-order valence-electron chi connectivity index (χ4n) is 1.81. The second-order valence-corrected chi connectivity index (χ2v) is 7.18. The van der Waals surface area contributed by atoms with Crippen molar-refractivity contribution in [2.45, 2.75) is 24.8 Å². The number of aromatic nitrogens is 3. The zero-order chi connectivity index (χ0) is 15.6. The van der Waals surface area contributed by atoms with E-state index in [1.165, 1.54) is 12.3 Å². The Kier molecular flexibility index (Phi) is 4.52. The van der Waals surface area contributed by atoms with Crippen molar-refractivity contribution in [2.24, 2.45) is 0 Å². The van der Waals surface area contributed by atoms with E-state index in [-0.39, 0.29) is 16.8 Å². The molecule has 114 valence electrons. The number of nitrogens with zero attached hydrogens (tertiary/aromatic N) is 3. The van der Waals surface area contributed by atoms with Gasteiger partial charge in [0.1, 0.15) is 16.5 Å². The molecule has 0 saturated carbocycles. The molecular weight excluding hydrogens is 358 g/mol. The first-order chi connectivity index (χ1) is 9.85. The molecular formula is C12H16BrN5O2S. The van der Waals surface area contributed by atoms with Crippen molar-refractivity contribution in [2.75, 3.05) is 17.1 Å². The Hall–Kier alpha value is -1.61. The van der Waals surface area contributed by atoms with Crippen LogP contribution in [0.1, 0.15) is 19.9 Å². The van der Waals surface area contributed by atoms with E-state index in [1.807, 2.05) is 13.8 Å². The summed E-state index contributed by atoms with van der Waals surface area (Å²) < 4.78 is 29.8. The zero-order valence-electron chi connectivity index (χ0n) is 11.8. The van der Waals surface area contributed by atoms with Gasteiger partial charge in [0, 0.05) is 29.8 Å². The van der Waals surface area contributed by atoms with Crippen LogP contribution < -0.4 is 10.0 Å². The quantitative estimate of drug-likeness (QED) is 0.839. The molecule has 21 heavy (non-hydrogen) atoms. The standard InChI is InChI=1S/C12H16BrN5O2S/c1-8(2)18-11(4-5-16-18)17-21(19,20)10-6-9(13)7-15-12(10)14-3/h4-8,17H,1-3H3,(H,14,15). The first kappa shape index (κ1) is 15.8. The SMILES string of the molecule is CNc1ncc(Br)cc1S(=O)(=O)Nc1ccnn1C(C)C. The molecule has 0 unspecified atom stereocenters. The zero-order valence-corrected chi connectivity index (χ0v) is 14.2. The molecule has 0 radical (unpaired) electrons. The first-order valence-electron chi connectivity index (χ1n) is 6.25. The maximum absolute atomic E-state index is 12.6. The van der Waals surface area contributed by atoms with E-state index in [2.05, 4.69) is 36.1 Å². The van der Waals surface area contributed by atoms with E-state index in [9.17, 15) is 8.42 Å². The first-order valence-corrected chi connectivity index (χ1v) is 8.52. The summed E-state index contributed by atoms with van der Waals surface area (Å²) in [5, 5.41) is 6.88. The van der Waals surface area contributed by atoms with Gasteiger partial charge in [-0.15, -0.1) is 0 Å². The molecule has 2 aromatic rings. The fourth-order valence-corrected chi connectivity index (χ4v) is 3.53. The molecule has 0 amide bonds. The van der Waals surface area contributed by atoms with Crippen LogP contribution in [-0.2, 0) is 10.0 Å². The Bertz CT molecular complexity index is 742. The molecule has 0 spiro atoms. The summed E-state index contributed by atoms with van der Waals surface area (Å²) in [4.78, 5) is 4.12. The number of nitrogens with one attached hydrogen (secondary N) is 2. The highest BCUT2D eigenvalue weighted by Crippen LogP contribution is 2.25. The maximum atomic E-state index is 12.6. The molecule has 2 heterocycles. The van der Waals surface area contributed by atoms with E-state index in [0.717, 1.165) is 0 Å². The lowest BCUT2D eigenvalue weighted by molar-refractivity contribution is 0.539. The predicted molar refractivity (Wildman–Crippen MR) is 84.9 cm³/mol. The van der Waals surface area contributed by atoms with Crippen molar-refractivity contribution in [1.29, 1.82) is 0 Å². The highest BCUT2D eigenvalue weighted by atomic mass is 79.9. The van der Waals surface area contributed by atoms with Crippen LogP contribution >= 0.6 is 15.9 Å². The van der Waals surface area contributed by atoms with Crippen LogP contribution in [0.15, 0.2) is 33.9 Å². The van der Waals surface area contributed by atoms with E-state index >= 15 is 0 Å². The molecule has 0 fully saturated rings. The number of hydrogen-bond donors (Lipinski definition) is 2. The third-order valence-electron chi connectivity index (χ3n) is 2.74. The summed E-state index contributed by atoms with van der Waals surface area (Å²) in [6, 6.07) is 3.15. The monoisotopic (exact) mass is 373 g/mol. The highest BCUT2D eigenvalue weighted by molar-refractivity contribution is 9.10. The smallest absolute Gasteiger partial charge is 0.266 e. The Morgan fingerprint density at radius 3 is 2.71 bits per heavy atom. The van der Waals surface area contributed by atoms with Crippen LogP contribution in [-0.4, -0.2) is 30.2 Å². The summed E-state index contributed by atoms with van der Waals surface area (Å²) in [5.74, 6) is 0.688. The van der Waals surface area contributed by atoms with Gasteiger partial charge >= 0.3 is 0 Å². The fraction of sp³-hybridized carbons (Fsp3) is 0.333. The normalized spacial score (nSPS) is 11.7. The van der Waals surface area contributed by atoms with E-state index in [4.69, 9.17) is 0 Å². The molecule has 0 aliphatic heterocycles. The summed E-state index contributed by atoms with van der Waals surface area (Å²) in [5.41, 5.74) is 0. The van der Waals surface area contributed by atoms with Gasteiger partial charge in [0.25, 0.3) is 10.0 Å². The topological polar surface area (TPSA) is 88.9 Å². The molecule has 0 aromatic carbocycles. The van der Waals surface area contributed by atoms with Gasteiger partial charge in [-0.2, -0.15) is 5.10 Å². The van der Waals surface area contributed by atoms with Crippen molar-refractivity contribution in [3.05, 3.63) is 29.0 Å². The molecule has 2 rings (SSSR count). The molecule has 0 aliphatic rings. The molecule has 0 bridgehead atoms. The average molecular weight is 374 g/mol. The van der Waals surface area contributed by atoms with E-state index in [1.54, 1.807) is 24.0 Å². The van der Waals surface area contributed by atoms with Gasteiger partial charge < -0.3 is 5.32 Å². The number of hydrogen-bond acceptors (Lipinski definition) is 5. The van der Waals surface area contributed by atoms with Gasteiger partial charge in [0.15, 0.2) is 0 Å². The van der Waals surface area contributed by atoms with Gasteiger partial charge in [-0.25, -0.2) is 18.1 Å². The Balaban J connectivity index is 2.43. The minimum atomic E-state index is -3.77. The van der Waals surface area contributed by atoms with Crippen molar-refractivity contribution >= 4 is 37.6 Å². The minimum absolute atomic E-state index is 0.0436. The number of halogens is 1. The summed E-state index contributed by atoms with van der Waals surface area (Å²) in [6.45, 7) is 3.84. The number of sulfonamides is 1. The van der Waals surface area contributed by atoms with Crippen molar-refractivity contribution in [3.8, 4) is 0 Å². The second kappa shape index (κ2) is 6.02. The van der Waals surface area contributed by atoms with Crippen LogP contribution in [0.2, 0.25) is 0 Å². The predicted octanol–water partition coefficient (Wildman–Crippen LogP) is 2.46. The third-order valence-corrected chi connectivity index (χ3v) is 4.55. The molecule has 7 nitrogen and oxygen atoms in total. The largest absolute Gasteiger partial charge is 0.372 e. The van der Waals surface area contributed by atoms with Gasteiger partial charge in [-0.05, 0) is 35.8 Å². The van der Waals surface area contributed by atoms with Crippen molar-refractivity contribution in [1.82, 2.24) is 14.8 Å². The van der Waals surface area contributed by atoms with E-state index < -0.39 is 10.0 Å². The molecule has 2 N–H and O–H groups in total. The average Bonchev–Trinajstić information content (AvgIpc) is 2.86. The lowest BCUT2D eigenvalue weighted by Crippen LogP contribution is -2.19. The lowest BCUT2D eigenvalue weighted by Gasteiger charge is -2.14. The van der Waals surface area contributed by atoms with Crippen LogP contribution in [0, 0.1) is 0 Å².